The summed E-state index contributed by atoms with van der Waals surface area (Å²) in [6, 6.07) is 0. The number of aliphatic hydroxyl groups is 2. The van der Waals surface area contributed by atoms with E-state index in [0.29, 0.717) is 40.4 Å². The largest absolute Gasteiger partial charge is 0.393 e. The van der Waals surface area contributed by atoms with Crippen molar-refractivity contribution in [1.29, 1.82) is 0 Å². The van der Waals surface area contributed by atoms with Gasteiger partial charge < -0.3 is 10.2 Å². The molecule has 3 N–H and O–H groups in total. The summed E-state index contributed by atoms with van der Waals surface area (Å²) in [6.07, 6.45) is 13.5. The Balaban J connectivity index is 1.29. The Morgan fingerprint density at radius 1 is 1.00 bits per heavy atom. The van der Waals surface area contributed by atoms with Gasteiger partial charge in [-0.1, -0.05) is 52.2 Å². The van der Waals surface area contributed by atoms with Crippen LogP contribution in [0.1, 0.15) is 104 Å². The minimum absolute atomic E-state index is 0.165. The van der Waals surface area contributed by atoms with E-state index in [0.717, 1.165) is 56.2 Å². The number of hydrogen-bond donors (Lipinski definition) is 3. The van der Waals surface area contributed by atoms with Crippen LogP contribution in [0.2, 0.25) is 0 Å². The van der Waals surface area contributed by atoms with Gasteiger partial charge in [0.2, 0.25) is 0 Å². The van der Waals surface area contributed by atoms with Gasteiger partial charge in [-0.2, -0.15) is 5.21 Å². The molecule has 6 heteroatoms. The Labute approximate surface area is 206 Å². The van der Waals surface area contributed by atoms with Gasteiger partial charge in [-0.05, 0) is 104 Å². The van der Waals surface area contributed by atoms with Crippen molar-refractivity contribution in [3.05, 3.63) is 5.82 Å². The molecule has 0 aromatic carbocycles. The van der Waals surface area contributed by atoms with Crippen LogP contribution in [0.25, 0.3) is 0 Å². The highest BCUT2D eigenvalue weighted by atomic mass is 16.3. The predicted molar refractivity (Wildman–Crippen MR) is 133 cm³/mol. The number of aryl methyl sites for hydroxylation is 1. The van der Waals surface area contributed by atoms with E-state index in [9.17, 15) is 10.2 Å². The quantitative estimate of drug-likeness (QED) is 0.476. The topological polar surface area (TPSA) is 94.9 Å². The first-order valence-electron chi connectivity index (χ1n) is 14.4. The fourth-order valence-electron chi connectivity index (χ4n) is 10.2. The first kappa shape index (κ1) is 24.7. The second-order valence-electron chi connectivity index (χ2n) is 13.2. The molecule has 11 atom stereocenters. The van der Waals surface area contributed by atoms with Gasteiger partial charge in [0.15, 0.2) is 5.82 Å². The lowest BCUT2D eigenvalue weighted by molar-refractivity contribution is -0.203. The number of hydrogen-bond acceptors (Lipinski definition) is 5. The summed E-state index contributed by atoms with van der Waals surface area (Å²) in [5, 5.41) is 36.7. The molecule has 0 amide bonds. The highest BCUT2D eigenvalue weighted by Gasteiger charge is 2.64. The molecule has 4 fully saturated rings. The minimum Gasteiger partial charge on any atom is -0.393 e. The summed E-state index contributed by atoms with van der Waals surface area (Å²) >= 11 is 0. The van der Waals surface area contributed by atoms with E-state index < -0.39 is 0 Å². The molecule has 1 heterocycles. The molecule has 1 aromatic heterocycles. The van der Waals surface area contributed by atoms with Crippen molar-refractivity contribution in [1.82, 2.24) is 20.6 Å². The molecule has 0 radical (unpaired) electrons. The lowest BCUT2D eigenvalue weighted by atomic mass is 9.41. The molecule has 34 heavy (non-hydrogen) atoms. The van der Waals surface area contributed by atoms with Crippen molar-refractivity contribution in [2.24, 2.45) is 52.3 Å². The second-order valence-corrected chi connectivity index (χ2v) is 13.2. The highest BCUT2D eigenvalue weighted by molar-refractivity contribution is 5.13. The number of fused-ring (bicyclic) bond motifs is 5. The zero-order chi connectivity index (χ0) is 24.1. The number of tetrazole rings is 1. The number of H-pyrrole nitrogens is 1. The maximum atomic E-state index is 11.9. The smallest absolute Gasteiger partial charge is 0.174 e. The zero-order valence-electron chi connectivity index (χ0n) is 21.9. The van der Waals surface area contributed by atoms with Gasteiger partial charge in [-0.3, -0.25) is 0 Å². The maximum absolute atomic E-state index is 11.9. The van der Waals surface area contributed by atoms with Crippen LogP contribution in [-0.2, 0) is 6.42 Å². The van der Waals surface area contributed by atoms with Crippen LogP contribution in [0, 0.1) is 52.3 Å². The van der Waals surface area contributed by atoms with Crippen molar-refractivity contribution in [2.75, 3.05) is 0 Å². The van der Waals surface area contributed by atoms with Gasteiger partial charge >= 0.3 is 0 Å². The van der Waals surface area contributed by atoms with Gasteiger partial charge in [-0.15, -0.1) is 10.2 Å². The van der Waals surface area contributed by atoms with Gasteiger partial charge in [0.05, 0.1) is 12.2 Å². The fourth-order valence-corrected chi connectivity index (χ4v) is 10.2. The minimum atomic E-state index is -0.188. The van der Waals surface area contributed by atoms with Gasteiger partial charge in [-0.25, -0.2) is 0 Å². The molecule has 0 bridgehead atoms. The van der Waals surface area contributed by atoms with Gasteiger partial charge in [0.1, 0.15) is 0 Å². The van der Waals surface area contributed by atoms with Crippen LogP contribution < -0.4 is 0 Å². The summed E-state index contributed by atoms with van der Waals surface area (Å²) < 4.78 is 0. The predicted octanol–water partition coefficient (Wildman–Crippen LogP) is 5.18. The normalized spacial score (nSPS) is 47.0. The number of unbranched alkanes of at least 4 members (excludes halogenated alkanes) is 1. The van der Waals surface area contributed by atoms with Crippen molar-refractivity contribution in [2.45, 2.75) is 117 Å². The number of rotatable bonds is 7. The van der Waals surface area contributed by atoms with Crippen LogP contribution in [0.5, 0.6) is 0 Å². The summed E-state index contributed by atoms with van der Waals surface area (Å²) in [6.45, 7) is 9.89. The average molecular weight is 473 g/mol. The number of nitrogens with one attached hydrogen (secondary N) is 1. The molecule has 1 aromatic rings. The zero-order valence-corrected chi connectivity index (χ0v) is 21.9. The molecule has 4 unspecified atom stereocenters. The Kier molecular flexibility index (Phi) is 6.86. The maximum Gasteiger partial charge on any atom is 0.174 e. The Bertz CT molecular complexity index is 817. The van der Waals surface area contributed by atoms with E-state index in [-0.39, 0.29) is 12.2 Å². The lowest BCUT2D eigenvalue weighted by Crippen LogP contribution is -2.62. The van der Waals surface area contributed by atoms with Crippen molar-refractivity contribution in [3.8, 4) is 0 Å². The number of aromatic amines is 1. The third-order valence-electron chi connectivity index (χ3n) is 11.8. The molecule has 0 aliphatic heterocycles. The molecule has 4 aliphatic rings. The molecule has 6 nitrogen and oxygen atoms in total. The molecule has 4 saturated carbocycles. The van der Waals surface area contributed by atoms with E-state index >= 15 is 0 Å². The Morgan fingerprint density at radius 3 is 2.50 bits per heavy atom. The third-order valence-corrected chi connectivity index (χ3v) is 11.8. The van der Waals surface area contributed by atoms with Crippen LogP contribution in [0.15, 0.2) is 0 Å². The van der Waals surface area contributed by atoms with Crippen molar-refractivity contribution < 1.29 is 10.2 Å². The Morgan fingerprint density at radius 2 is 1.76 bits per heavy atom. The third kappa shape index (κ3) is 3.95. The summed E-state index contributed by atoms with van der Waals surface area (Å²) in [5.41, 5.74) is 0.662. The fraction of sp³-hybridized carbons (Fsp3) is 0.964. The SMILES string of the molecule is CC[C@@H]1C2C[C@H](O)CCC2(C)[C@H]2CCC3(C)C([C@H](C)CCCCc4nn[nH]n4)CC[C@H]3[C@@H]2[C@@H]1O. The first-order chi connectivity index (χ1) is 16.3. The van der Waals surface area contributed by atoms with Gasteiger partial charge in [0, 0.05) is 6.42 Å². The molecule has 192 valence electrons. The summed E-state index contributed by atoms with van der Waals surface area (Å²) in [7, 11) is 0. The number of nitrogens with zero attached hydrogens (tertiary/aromatic N) is 3. The molecule has 4 aliphatic carbocycles. The van der Waals surface area contributed by atoms with E-state index in [1.807, 2.05) is 0 Å². The van der Waals surface area contributed by atoms with E-state index in [1.54, 1.807) is 0 Å². The lowest BCUT2D eigenvalue weighted by Gasteiger charge is -2.64. The number of aliphatic hydroxyl groups excluding tert-OH is 2. The van der Waals surface area contributed by atoms with Crippen LogP contribution in [0.4, 0.5) is 0 Å². The molecule has 5 rings (SSSR count). The van der Waals surface area contributed by atoms with Crippen LogP contribution in [-0.4, -0.2) is 43.0 Å². The standard InChI is InChI=1S/C28H48N4O2/c1-5-19-23-16-18(33)12-14-28(23,4)22-13-15-27(3)20(10-11-21(27)25(22)26(19)34)17(2)8-6-7-9-24-29-31-32-30-24/h17-23,25-26,33-34H,5-16H2,1-4H3,(H,29,30,31,32)/t17-,18-,19-,20?,21+,22+,23?,25+,26-,27?,28?/m1/s1. The second kappa shape index (κ2) is 9.46. The van der Waals surface area contributed by atoms with Crippen LogP contribution >= 0.6 is 0 Å². The number of aromatic nitrogens is 4. The first-order valence-corrected chi connectivity index (χ1v) is 14.4. The monoisotopic (exact) mass is 472 g/mol. The molecular formula is C28H48N4O2. The molecule has 0 saturated heterocycles. The summed E-state index contributed by atoms with van der Waals surface area (Å²) in [5.74, 6) is 4.91. The Hall–Kier alpha value is -1.01. The average Bonchev–Trinajstić information content (AvgIpc) is 3.45. The van der Waals surface area contributed by atoms with Crippen molar-refractivity contribution >= 4 is 0 Å². The van der Waals surface area contributed by atoms with E-state index in [4.69, 9.17) is 0 Å². The molecular weight excluding hydrogens is 424 g/mol. The molecule has 0 spiro atoms. The van der Waals surface area contributed by atoms with Crippen molar-refractivity contribution in [3.63, 3.8) is 0 Å². The summed E-state index contributed by atoms with van der Waals surface area (Å²) in [4.78, 5) is 0. The highest BCUT2D eigenvalue weighted by Crippen LogP contribution is 2.69. The van der Waals surface area contributed by atoms with E-state index in [2.05, 4.69) is 48.3 Å². The van der Waals surface area contributed by atoms with Gasteiger partial charge in [0.25, 0.3) is 0 Å². The van der Waals surface area contributed by atoms with E-state index in [1.165, 1.54) is 38.5 Å². The van der Waals surface area contributed by atoms with Crippen LogP contribution in [0.3, 0.4) is 0 Å².